The Bertz CT molecular complexity index is 97.9. The molecule has 0 saturated carbocycles. The zero-order chi connectivity index (χ0) is 7.82. The van der Waals surface area contributed by atoms with Gasteiger partial charge in [-0.3, -0.25) is 0 Å². The second-order valence-corrected chi connectivity index (χ2v) is 2.09. The molecule has 10 heavy (non-hydrogen) atoms. The van der Waals surface area contributed by atoms with E-state index in [2.05, 4.69) is 5.18 Å². The van der Waals surface area contributed by atoms with Crippen molar-refractivity contribution in [3.63, 3.8) is 0 Å². The minimum atomic E-state index is -0.661. The lowest BCUT2D eigenvalue weighted by molar-refractivity contribution is -0.109. The van der Waals surface area contributed by atoms with Gasteiger partial charge in [0.1, 0.15) is 12.3 Å². The second kappa shape index (κ2) is 6.35. The van der Waals surface area contributed by atoms with E-state index in [0.717, 1.165) is 12.8 Å². The van der Waals surface area contributed by atoms with Crippen molar-refractivity contribution in [1.29, 1.82) is 0 Å². The van der Waals surface area contributed by atoms with E-state index in [-0.39, 0.29) is 0 Å². The first-order valence-electron chi connectivity index (χ1n) is 3.33. The summed E-state index contributed by atoms with van der Waals surface area (Å²) in [4.78, 5) is 19.8. The van der Waals surface area contributed by atoms with Crippen LogP contribution in [0.15, 0.2) is 5.18 Å². The van der Waals surface area contributed by atoms with Gasteiger partial charge in [-0.15, -0.1) is 0 Å². The molecule has 0 aliphatic heterocycles. The number of unbranched alkanes of at least 4 members (excludes halogenated alkanes) is 1. The summed E-state index contributed by atoms with van der Waals surface area (Å²) in [6.45, 7) is 0.602. The molecule has 58 valence electrons. The largest absolute Gasteiger partial charge is 0.330 e. The number of carbonyl (C=O) groups is 1. The number of carbonyl (C=O) groups excluding carboxylic acids is 1. The van der Waals surface area contributed by atoms with Crippen LogP contribution in [0.3, 0.4) is 0 Å². The smallest absolute Gasteiger partial charge is 0.148 e. The van der Waals surface area contributed by atoms with Crippen LogP contribution >= 0.6 is 0 Å². The Morgan fingerprint density at radius 3 is 2.60 bits per heavy atom. The number of aldehydes is 1. The molecule has 0 aliphatic carbocycles. The molecule has 0 aromatic heterocycles. The highest BCUT2D eigenvalue weighted by molar-refractivity contribution is 5.57. The van der Waals surface area contributed by atoms with Crippen molar-refractivity contribution < 1.29 is 4.79 Å². The van der Waals surface area contributed by atoms with E-state index in [4.69, 9.17) is 5.73 Å². The molecule has 0 heterocycles. The van der Waals surface area contributed by atoms with Crippen LogP contribution in [-0.4, -0.2) is 18.9 Å². The molecular formula is C6H12N2O2. The topological polar surface area (TPSA) is 72.5 Å². The summed E-state index contributed by atoms with van der Waals surface area (Å²) in [5, 5.41) is 2.62. The molecule has 0 rings (SSSR count). The molecule has 4 heteroatoms. The molecule has 0 amide bonds. The highest BCUT2D eigenvalue weighted by atomic mass is 16.3. The Kier molecular flexibility index (Phi) is 5.86. The molecule has 1 atom stereocenters. The number of nitroso groups, excluding NO2 is 1. The molecule has 0 radical (unpaired) electrons. The molecule has 4 nitrogen and oxygen atoms in total. The van der Waals surface area contributed by atoms with Crippen LogP contribution in [0.2, 0.25) is 0 Å². The summed E-state index contributed by atoms with van der Waals surface area (Å²) in [5.41, 5.74) is 5.20. The Morgan fingerprint density at radius 1 is 1.50 bits per heavy atom. The van der Waals surface area contributed by atoms with Gasteiger partial charge in [-0.05, 0) is 25.8 Å². The maximum Gasteiger partial charge on any atom is 0.148 e. The van der Waals surface area contributed by atoms with Crippen molar-refractivity contribution in [2.45, 2.75) is 25.3 Å². The predicted molar refractivity (Wildman–Crippen MR) is 38.6 cm³/mol. The van der Waals surface area contributed by atoms with E-state index in [1.807, 2.05) is 0 Å². The monoisotopic (exact) mass is 144 g/mol. The van der Waals surface area contributed by atoms with Crippen molar-refractivity contribution >= 4 is 6.29 Å². The standard InChI is InChI=1S/C6H12N2O2/c7-4-2-1-3-6(5-9)8-10/h5-6H,1-4,7H2/t6-/m0/s1. The van der Waals surface area contributed by atoms with Gasteiger partial charge in [0.05, 0.1) is 0 Å². The van der Waals surface area contributed by atoms with Gasteiger partial charge in [0.25, 0.3) is 0 Å². The molecule has 0 aliphatic rings. The van der Waals surface area contributed by atoms with Gasteiger partial charge in [-0.25, -0.2) is 0 Å². The predicted octanol–water partition coefficient (Wildman–Crippen LogP) is 0.449. The zero-order valence-corrected chi connectivity index (χ0v) is 5.82. The van der Waals surface area contributed by atoms with Gasteiger partial charge in [0, 0.05) is 0 Å². The number of hydrogen-bond acceptors (Lipinski definition) is 4. The van der Waals surface area contributed by atoms with Crippen molar-refractivity contribution in [3.05, 3.63) is 4.91 Å². The Hall–Kier alpha value is -0.770. The molecule has 0 aromatic carbocycles. The SMILES string of the molecule is NCCCC[C@@H](C=O)N=O. The maximum absolute atomic E-state index is 10.0. The molecule has 2 N–H and O–H groups in total. The first-order valence-corrected chi connectivity index (χ1v) is 3.33. The number of rotatable bonds is 6. The van der Waals surface area contributed by atoms with Crippen LogP contribution < -0.4 is 5.73 Å². The molecule has 0 spiro atoms. The minimum Gasteiger partial charge on any atom is -0.330 e. The van der Waals surface area contributed by atoms with Crippen LogP contribution in [0.1, 0.15) is 19.3 Å². The lowest BCUT2D eigenvalue weighted by Gasteiger charge is -1.97. The number of nitrogens with two attached hydrogens (primary N) is 1. The van der Waals surface area contributed by atoms with E-state index in [1.54, 1.807) is 0 Å². The van der Waals surface area contributed by atoms with Gasteiger partial charge in [0.15, 0.2) is 0 Å². The average molecular weight is 144 g/mol. The third kappa shape index (κ3) is 4.14. The second-order valence-electron chi connectivity index (χ2n) is 2.09. The quantitative estimate of drug-likeness (QED) is 0.334. The molecule has 0 fully saturated rings. The first-order chi connectivity index (χ1) is 4.85. The fourth-order valence-electron chi connectivity index (χ4n) is 0.643. The van der Waals surface area contributed by atoms with Crippen molar-refractivity contribution in [2.75, 3.05) is 6.54 Å². The highest BCUT2D eigenvalue weighted by Gasteiger charge is 2.04. The third-order valence-corrected chi connectivity index (χ3v) is 1.25. The van der Waals surface area contributed by atoms with E-state index >= 15 is 0 Å². The highest BCUT2D eigenvalue weighted by Crippen LogP contribution is 2.00. The number of nitrogens with zero attached hydrogens (tertiary/aromatic N) is 1. The summed E-state index contributed by atoms with van der Waals surface area (Å²) in [5.74, 6) is 0. The molecule has 0 aromatic rings. The van der Waals surface area contributed by atoms with Gasteiger partial charge in [0.2, 0.25) is 0 Å². The van der Waals surface area contributed by atoms with E-state index in [9.17, 15) is 9.70 Å². The van der Waals surface area contributed by atoms with Crippen LogP contribution in [-0.2, 0) is 4.79 Å². The Balaban J connectivity index is 3.25. The Labute approximate surface area is 59.8 Å². The fraction of sp³-hybridized carbons (Fsp3) is 0.833. The van der Waals surface area contributed by atoms with E-state index in [0.29, 0.717) is 19.3 Å². The minimum absolute atomic E-state index is 0.532. The summed E-state index contributed by atoms with van der Waals surface area (Å²) < 4.78 is 0. The van der Waals surface area contributed by atoms with Crippen molar-refractivity contribution in [2.24, 2.45) is 10.9 Å². The van der Waals surface area contributed by atoms with Crippen molar-refractivity contribution in [1.82, 2.24) is 0 Å². The van der Waals surface area contributed by atoms with E-state index in [1.165, 1.54) is 0 Å². The van der Waals surface area contributed by atoms with Gasteiger partial charge >= 0.3 is 0 Å². The third-order valence-electron chi connectivity index (χ3n) is 1.25. The van der Waals surface area contributed by atoms with E-state index < -0.39 is 6.04 Å². The van der Waals surface area contributed by atoms with Gasteiger partial charge in [-0.2, -0.15) is 4.91 Å². The van der Waals surface area contributed by atoms with Crippen molar-refractivity contribution in [3.8, 4) is 0 Å². The van der Waals surface area contributed by atoms with Gasteiger partial charge in [-0.1, -0.05) is 5.18 Å². The first kappa shape index (κ1) is 9.23. The lowest BCUT2D eigenvalue weighted by Crippen LogP contribution is -2.06. The lowest BCUT2D eigenvalue weighted by atomic mass is 10.1. The summed E-state index contributed by atoms with van der Waals surface area (Å²) in [6, 6.07) is -0.661. The van der Waals surface area contributed by atoms with Crippen LogP contribution in [0.5, 0.6) is 0 Å². The zero-order valence-electron chi connectivity index (χ0n) is 5.82. The molecule has 0 saturated heterocycles. The van der Waals surface area contributed by atoms with Crippen LogP contribution in [0.25, 0.3) is 0 Å². The molecule has 0 unspecified atom stereocenters. The number of hydrogen-bond donors (Lipinski definition) is 1. The summed E-state index contributed by atoms with van der Waals surface area (Å²) in [7, 11) is 0. The molecule has 0 bridgehead atoms. The maximum atomic E-state index is 10.0. The normalized spacial score (nSPS) is 12.5. The van der Waals surface area contributed by atoms with Crippen LogP contribution in [0, 0.1) is 4.91 Å². The summed E-state index contributed by atoms with van der Waals surface area (Å²) >= 11 is 0. The fourth-order valence-corrected chi connectivity index (χ4v) is 0.643. The summed E-state index contributed by atoms with van der Waals surface area (Å²) in [6.07, 6.45) is 2.75. The Morgan fingerprint density at radius 2 is 2.20 bits per heavy atom. The van der Waals surface area contributed by atoms with Gasteiger partial charge < -0.3 is 10.5 Å². The van der Waals surface area contributed by atoms with Crippen LogP contribution in [0.4, 0.5) is 0 Å². The molecular weight excluding hydrogens is 132 g/mol. The average Bonchev–Trinajstić information content (AvgIpc) is 1.99.